The zero-order chi connectivity index (χ0) is 11.4. The average molecular weight is 257 g/mol. The fourth-order valence-corrected chi connectivity index (χ4v) is 4.14. The molecule has 4 heteroatoms. The largest absolute Gasteiger partial charge is 0.396 e. The lowest BCUT2D eigenvalue weighted by Gasteiger charge is -2.19. The van der Waals surface area contributed by atoms with Gasteiger partial charge in [-0.15, -0.1) is 11.3 Å². The number of thiazole rings is 1. The lowest BCUT2D eigenvalue weighted by molar-refractivity contribution is 0.271. The maximum atomic E-state index is 9.08. The SMILES string of the molecule is CC(CO)c1csc(CC2CCCSC2)n1. The molecule has 0 amide bonds. The third-order valence-electron chi connectivity index (χ3n) is 3.07. The monoisotopic (exact) mass is 257 g/mol. The van der Waals surface area contributed by atoms with Crippen LogP contribution in [0.5, 0.6) is 0 Å². The summed E-state index contributed by atoms with van der Waals surface area (Å²) in [5, 5.41) is 12.4. The highest BCUT2D eigenvalue weighted by Crippen LogP contribution is 2.27. The van der Waals surface area contributed by atoms with Crippen molar-refractivity contribution in [2.45, 2.75) is 32.1 Å². The molecule has 1 aromatic rings. The predicted molar refractivity (Wildman–Crippen MR) is 71.4 cm³/mol. The van der Waals surface area contributed by atoms with Gasteiger partial charge in [0.05, 0.1) is 17.3 Å². The molecule has 90 valence electrons. The van der Waals surface area contributed by atoms with Gasteiger partial charge in [-0.25, -0.2) is 4.98 Å². The lowest BCUT2D eigenvalue weighted by Crippen LogP contribution is -2.13. The van der Waals surface area contributed by atoms with Crippen molar-refractivity contribution in [1.82, 2.24) is 4.98 Å². The van der Waals surface area contributed by atoms with Crippen LogP contribution in [0, 0.1) is 5.92 Å². The van der Waals surface area contributed by atoms with E-state index in [1.807, 2.05) is 6.92 Å². The van der Waals surface area contributed by atoms with E-state index in [0.717, 1.165) is 18.0 Å². The van der Waals surface area contributed by atoms with Crippen molar-refractivity contribution >= 4 is 23.1 Å². The van der Waals surface area contributed by atoms with Crippen molar-refractivity contribution in [2.24, 2.45) is 5.92 Å². The van der Waals surface area contributed by atoms with E-state index in [0.29, 0.717) is 0 Å². The van der Waals surface area contributed by atoms with Gasteiger partial charge in [-0.2, -0.15) is 11.8 Å². The Labute approximate surface area is 105 Å². The van der Waals surface area contributed by atoms with Crippen molar-refractivity contribution in [3.8, 4) is 0 Å². The first kappa shape index (κ1) is 12.4. The van der Waals surface area contributed by atoms with Gasteiger partial charge >= 0.3 is 0 Å². The van der Waals surface area contributed by atoms with Crippen LogP contribution in [0.3, 0.4) is 0 Å². The molecular weight excluding hydrogens is 238 g/mol. The number of hydrogen-bond acceptors (Lipinski definition) is 4. The fraction of sp³-hybridized carbons (Fsp3) is 0.750. The topological polar surface area (TPSA) is 33.1 Å². The first-order valence-electron chi connectivity index (χ1n) is 5.92. The van der Waals surface area contributed by atoms with Crippen LogP contribution in [0.4, 0.5) is 0 Å². The first-order valence-corrected chi connectivity index (χ1v) is 7.96. The van der Waals surface area contributed by atoms with Gasteiger partial charge in [0.2, 0.25) is 0 Å². The van der Waals surface area contributed by atoms with Crippen LogP contribution >= 0.6 is 23.1 Å². The van der Waals surface area contributed by atoms with Crippen LogP contribution < -0.4 is 0 Å². The summed E-state index contributed by atoms with van der Waals surface area (Å²) in [6.45, 7) is 2.22. The van der Waals surface area contributed by atoms with Gasteiger partial charge in [-0.05, 0) is 30.3 Å². The smallest absolute Gasteiger partial charge is 0.0931 e. The van der Waals surface area contributed by atoms with E-state index in [4.69, 9.17) is 5.11 Å². The van der Waals surface area contributed by atoms with Crippen LogP contribution in [-0.4, -0.2) is 28.2 Å². The number of hydrogen-bond donors (Lipinski definition) is 1. The molecule has 1 aliphatic heterocycles. The van der Waals surface area contributed by atoms with Gasteiger partial charge in [-0.1, -0.05) is 6.92 Å². The number of thioether (sulfide) groups is 1. The normalized spacial score (nSPS) is 23.2. The van der Waals surface area contributed by atoms with Gasteiger partial charge in [0.1, 0.15) is 0 Å². The number of aliphatic hydroxyl groups is 1. The molecule has 2 unspecified atom stereocenters. The van der Waals surface area contributed by atoms with Crippen LogP contribution in [0.25, 0.3) is 0 Å². The Bertz CT molecular complexity index is 321. The number of rotatable bonds is 4. The molecule has 1 aliphatic rings. The highest BCUT2D eigenvalue weighted by atomic mass is 32.2. The van der Waals surface area contributed by atoms with Crippen LogP contribution in [0.2, 0.25) is 0 Å². The van der Waals surface area contributed by atoms with E-state index in [2.05, 4.69) is 22.1 Å². The zero-order valence-electron chi connectivity index (χ0n) is 9.69. The second-order valence-corrected chi connectivity index (χ2v) is 6.63. The molecular formula is C12H19NOS2. The molecule has 2 rings (SSSR count). The summed E-state index contributed by atoms with van der Waals surface area (Å²) < 4.78 is 0. The third kappa shape index (κ3) is 3.22. The minimum atomic E-state index is 0.186. The highest BCUT2D eigenvalue weighted by Gasteiger charge is 2.17. The Balaban J connectivity index is 1.91. The average Bonchev–Trinajstić information content (AvgIpc) is 2.78. The van der Waals surface area contributed by atoms with Crippen molar-refractivity contribution in [2.75, 3.05) is 18.1 Å². The quantitative estimate of drug-likeness (QED) is 0.900. The molecule has 0 aliphatic carbocycles. The van der Waals surface area contributed by atoms with Crippen molar-refractivity contribution in [1.29, 1.82) is 0 Å². The van der Waals surface area contributed by atoms with Gasteiger partial charge in [0.15, 0.2) is 0 Å². The first-order chi connectivity index (χ1) is 7.79. The summed E-state index contributed by atoms with van der Waals surface area (Å²) in [7, 11) is 0. The Morgan fingerprint density at radius 3 is 3.19 bits per heavy atom. The Kier molecular flexibility index (Phi) is 4.67. The van der Waals surface area contributed by atoms with Gasteiger partial charge in [0.25, 0.3) is 0 Å². The standard InChI is InChI=1S/C12H19NOS2/c1-9(6-14)11-8-16-12(13-11)5-10-3-2-4-15-7-10/h8-10,14H,2-7H2,1H3. The van der Waals surface area contributed by atoms with Crippen molar-refractivity contribution in [3.05, 3.63) is 16.1 Å². The minimum absolute atomic E-state index is 0.186. The second kappa shape index (κ2) is 6.03. The maximum absolute atomic E-state index is 9.08. The summed E-state index contributed by atoms with van der Waals surface area (Å²) in [5.41, 5.74) is 1.06. The summed E-state index contributed by atoms with van der Waals surface area (Å²) >= 11 is 3.83. The summed E-state index contributed by atoms with van der Waals surface area (Å²) in [6.07, 6.45) is 3.86. The molecule has 1 fully saturated rings. The molecule has 0 aromatic carbocycles. The number of aliphatic hydroxyl groups excluding tert-OH is 1. The lowest BCUT2D eigenvalue weighted by atomic mass is 10.0. The van der Waals surface area contributed by atoms with Crippen LogP contribution in [-0.2, 0) is 6.42 Å². The van der Waals surface area contributed by atoms with E-state index in [-0.39, 0.29) is 12.5 Å². The molecule has 2 atom stereocenters. The van der Waals surface area contributed by atoms with Crippen molar-refractivity contribution in [3.63, 3.8) is 0 Å². The predicted octanol–water partition coefficient (Wildman–Crippen LogP) is 2.92. The second-order valence-electron chi connectivity index (χ2n) is 4.54. The molecule has 16 heavy (non-hydrogen) atoms. The minimum Gasteiger partial charge on any atom is -0.396 e. The Morgan fingerprint density at radius 1 is 1.62 bits per heavy atom. The van der Waals surface area contributed by atoms with E-state index in [1.54, 1.807) is 11.3 Å². The van der Waals surface area contributed by atoms with Crippen molar-refractivity contribution < 1.29 is 5.11 Å². The van der Waals surface area contributed by atoms with E-state index < -0.39 is 0 Å². The van der Waals surface area contributed by atoms with Gasteiger partial charge in [0, 0.05) is 17.7 Å². The molecule has 0 saturated carbocycles. The number of nitrogens with zero attached hydrogens (tertiary/aromatic N) is 1. The molecule has 0 radical (unpaired) electrons. The van der Waals surface area contributed by atoms with E-state index in [9.17, 15) is 0 Å². The highest BCUT2D eigenvalue weighted by molar-refractivity contribution is 7.99. The number of aromatic nitrogens is 1. The molecule has 0 bridgehead atoms. The van der Waals surface area contributed by atoms with E-state index >= 15 is 0 Å². The van der Waals surface area contributed by atoms with Crippen LogP contribution in [0.15, 0.2) is 5.38 Å². The molecule has 1 saturated heterocycles. The third-order valence-corrected chi connectivity index (χ3v) is 5.24. The van der Waals surface area contributed by atoms with Crippen LogP contribution in [0.1, 0.15) is 36.4 Å². The molecule has 1 N–H and O–H groups in total. The fourth-order valence-electron chi connectivity index (χ4n) is 1.95. The molecule has 0 spiro atoms. The summed E-state index contributed by atoms with van der Waals surface area (Å²) in [6, 6.07) is 0. The van der Waals surface area contributed by atoms with Gasteiger partial charge in [-0.3, -0.25) is 0 Å². The molecule has 2 nitrogen and oxygen atoms in total. The molecule has 2 heterocycles. The summed E-state index contributed by atoms with van der Waals surface area (Å²) in [4.78, 5) is 4.62. The zero-order valence-corrected chi connectivity index (χ0v) is 11.3. The maximum Gasteiger partial charge on any atom is 0.0931 e. The molecule has 1 aromatic heterocycles. The Hall–Kier alpha value is -0.0600. The Morgan fingerprint density at radius 2 is 2.50 bits per heavy atom. The van der Waals surface area contributed by atoms with E-state index in [1.165, 1.54) is 29.4 Å². The van der Waals surface area contributed by atoms with Gasteiger partial charge < -0.3 is 5.11 Å². The summed E-state index contributed by atoms with van der Waals surface area (Å²) in [5.74, 6) is 3.64.